The molecule has 1 N–H and O–H groups in total. The van der Waals surface area contributed by atoms with Crippen molar-refractivity contribution in [2.75, 3.05) is 26.7 Å². The van der Waals surface area contributed by atoms with Gasteiger partial charge in [-0.15, -0.1) is 0 Å². The zero-order chi connectivity index (χ0) is 13.8. The lowest BCUT2D eigenvalue weighted by Gasteiger charge is -2.28. The molecule has 0 radical (unpaired) electrons. The highest BCUT2D eigenvalue weighted by molar-refractivity contribution is 5.30. The standard InChI is InChI=1S/C16H27NO/c1-13-6-7-15(10-14(13)2)8-9-17(5)11-16(3,4)12-18/h6-7,10,18H,8-9,11-12H2,1-5H3. The molecule has 0 aliphatic heterocycles. The van der Waals surface area contributed by atoms with Gasteiger partial charge < -0.3 is 10.0 Å². The van der Waals surface area contributed by atoms with Gasteiger partial charge in [0, 0.05) is 25.1 Å². The van der Waals surface area contributed by atoms with Crippen LogP contribution in [-0.4, -0.2) is 36.8 Å². The zero-order valence-corrected chi connectivity index (χ0v) is 12.5. The largest absolute Gasteiger partial charge is 0.396 e. The van der Waals surface area contributed by atoms with Crippen LogP contribution in [0.1, 0.15) is 30.5 Å². The van der Waals surface area contributed by atoms with Crippen LogP contribution in [0.4, 0.5) is 0 Å². The Morgan fingerprint density at radius 1 is 1.17 bits per heavy atom. The fraction of sp³-hybridized carbons (Fsp3) is 0.625. The number of aliphatic hydroxyl groups excluding tert-OH is 1. The quantitative estimate of drug-likeness (QED) is 0.838. The highest BCUT2D eigenvalue weighted by Gasteiger charge is 2.18. The molecule has 1 aromatic rings. The van der Waals surface area contributed by atoms with Crippen molar-refractivity contribution in [2.45, 2.75) is 34.1 Å². The Morgan fingerprint density at radius 2 is 1.83 bits per heavy atom. The summed E-state index contributed by atoms with van der Waals surface area (Å²) < 4.78 is 0. The summed E-state index contributed by atoms with van der Waals surface area (Å²) >= 11 is 0. The molecule has 0 heterocycles. The molecule has 1 rings (SSSR count). The molecule has 0 saturated carbocycles. The first-order valence-electron chi connectivity index (χ1n) is 6.69. The summed E-state index contributed by atoms with van der Waals surface area (Å²) in [7, 11) is 2.12. The Bertz CT molecular complexity index is 385. The van der Waals surface area contributed by atoms with Gasteiger partial charge in [0.15, 0.2) is 0 Å². The number of nitrogens with zero attached hydrogens (tertiary/aromatic N) is 1. The van der Waals surface area contributed by atoms with E-state index in [0.717, 1.165) is 19.5 Å². The Kier molecular flexibility index (Phi) is 5.36. The minimum Gasteiger partial charge on any atom is -0.396 e. The number of aliphatic hydroxyl groups is 1. The van der Waals surface area contributed by atoms with Gasteiger partial charge in [-0.2, -0.15) is 0 Å². The Balaban J connectivity index is 2.47. The number of rotatable bonds is 6. The zero-order valence-electron chi connectivity index (χ0n) is 12.5. The van der Waals surface area contributed by atoms with E-state index < -0.39 is 0 Å². The lowest BCUT2D eigenvalue weighted by molar-refractivity contribution is 0.116. The topological polar surface area (TPSA) is 23.5 Å². The van der Waals surface area contributed by atoms with Crippen LogP contribution in [0.5, 0.6) is 0 Å². The molecular formula is C16H27NO. The minimum absolute atomic E-state index is 0.0159. The maximum atomic E-state index is 9.27. The van der Waals surface area contributed by atoms with Gasteiger partial charge in [-0.25, -0.2) is 0 Å². The molecule has 0 bridgehead atoms. The molecule has 18 heavy (non-hydrogen) atoms. The molecule has 0 unspecified atom stereocenters. The van der Waals surface area contributed by atoms with Crippen molar-refractivity contribution in [2.24, 2.45) is 5.41 Å². The van der Waals surface area contributed by atoms with E-state index in [2.05, 4.69) is 57.8 Å². The lowest BCUT2D eigenvalue weighted by atomic mass is 9.94. The van der Waals surface area contributed by atoms with Crippen LogP contribution >= 0.6 is 0 Å². The molecule has 2 nitrogen and oxygen atoms in total. The number of likely N-dealkylation sites (N-methyl/N-ethyl adjacent to an activating group) is 1. The van der Waals surface area contributed by atoms with Gasteiger partial charge in [-0.3, -0.25) is 0 Å². The van der Waals surface area contributed by atoms with Gasteiger partial charge in [0.2, 0.25) is 0 Å². The van der Waals surface area contributed by atoms with Gasteiger partial charge in [0.25, 0.3) is 0 Å². The van der Waals surface area contributed by atoms with Crippen molar-refractivity contribution in [3.05, 3.63) is 34.9 Å². The van der Waals surface area contributed by atoms with Crippen LogP contribution in [0.3, 0.4) is 0 Å². The van der Waals surface area contributed by atoms with Gasteiger partial charge in [0.1, 0.15) is 0 Å². The number of benzene rings is 1. The molecule has 102 valence electrons. The molecule has 0 aliphatic carbocycles. The highest BCUT2D eigenvalue weighted by atomic mass is 16.3. The van der Waals surface area contributed by atoms with Gasteiger partial charge in [-0.1, -0.05) is 32.0 Å². The monoisotopic (exact) mass is 249 g/mol. The van der Waals surface area contributed by atoms with E-state index in [9.17, 15) is 5.11 Å². The van der Waals surface area contributed by atoms with E-state index >= 15 is 0 Å². The first kappa shape index (κ1) is 15.2. The number of hydrogen-bond donors (Lipinski definition) is 1. The maximum absolute atomic E-state index is 9.27. The third-order valence-corrected chi connectivity index (χ3v) is 3.48. The summed E-state index contributed by atoms with van der Waals surface area (Å²) in [5.41, 5.74) is 4.10. The number of aryl methyl sites for hydroxylation is 2. The van der Waals surface area contributed by atoms with Gasteiger partial charge in [0.05, 0.1) is 0 Å². The Hall–Kier alpha value is -0.860. The van der Waals surface area contributed by atoms with Crippen molar-refractivity contribution < 1.29 is 5.11 Å². The van der Waals surface area contributed by atoms with E-state index in [1.54, 1.807) is 0 Å². The van der Waals surface area contributed by atoms with Gasteiger partial charge >= 0.3 is 0 Å². The summed E-state index contributed by atoms with van der Waals surface area (Å²) in [6.07, 6.45) is 1.07. The predicted molar refractivity (Wildman–Crippen MR) is 78.0 cm³/mol. The second-order valence-electron chi connectivity index (χ2n) is 6.23. The molecule has 0 atom stereocenters. The van der Waals surface area contributed by atoms with Crippen molar-refractivity contribution in [1.29, 1.82) is 0 Å². The first-order valence-corrected chi connectivity index (χ1v) is 6.69. The molecule has 1 aromatic carbocycles. The average molecular weight is 249 g/mol. The van der Waals surface area contributed by atoms with Crippen molar-refractivity contribution in [1.82, 2.24) is 4.90 Å². The molecule has 0 spiro atoms. The van der Waals surface area contributed by atoms with E-state index in [4.69, 9.17) is 0 Å². The molecule has 0 fully saturated rings. The summed E-state index contributed by atoms with van der Waals surface area (Å²) in [5.74, 6) is 0. The SMILES string of the molecule is Cc1ccc(CCN(C)CC(C)(C)CO)cc1C. The van der Waals surface area contributed by atoms with Gasteiger partial charge in [-0.05, 0) is 44.0 Å². The van der Waals surface area contributed by atoms with Crippen LogP contribution in [0.25, 0.3) is 0 Å². The summed E-state index contributed by atoms with van der Waals surface area (Å²) in [4.78, 5) is 2.30. The third kappa shape index (κ3) is 4.79. The normalized spacial score (nSPS) is 12.2. The van der Waals surface area contributed by atoms with Crippen molar-refractivity contribution in [3.8, 4) is 0 Å². The fourth-order valence-electron chi connectivity index (χ4n) is 2.14. The summed E-state index contributed by atoms with van der Waals surface area (Å²) in [6, 6.07) is 6.69. The fourth-order valence-corrected chi connectivity index (χ4v) is 2.14. The Morgan fingerprint density at radius 3 is 2.39 bits per heavy atom. The van der Waals surface area contributed by atoms with Crippen LogP contribution in [-0.2, 0) is 6.42 Å². The molecule has 0 saturated heterocycles. The van der Waals surface area contributed by atoms with Crippen LogP contribution in [0, 0.1) is 19.3 Å². The summed E-state index contributed by atoms with van der Waals surface area (Å²) in [5, 5.41) is 9.27. The highest BCUT2D eigenvalue weighted by Crippen LogP contribution is 2.15. The van der Waals surface area contributed by atoms with E-state index in [-0.39, 0.29) is 12.0 Å². The van der Waals surface area contributed by atoms with Crippen LogP contribution in [0.15, 0.2) is 18.2 Å². The molecule has 0 aliphatic rings. The van der Waals surface area contributed by atoms with E-state index in [1.807, 2.05) is 0 Å². The first-order chi connectivity index (χ1) is 8.34. The lowest BCUT2D eigenvalue weighted by Crippen LogP contribution is -2.35. The van der Waals surface area contributed by atoms with Crippen molar-refractivity contribution in [3.63, 3.8) is 0 Å². The maximum Gasteiger partial charge on any atom is 0.0494 e. The van der Waals surface area contributed by atoms with Crippen molar-refractivity contribution >= 4 is 0 Å². The average Bonchev–Trinajstić information content (AvgIpc) is 2.30. The van der Waals surface area contributed by atoms with Crippen LogP contribution < -0.4 is 0 Å². The van der Waals surface area contributed by atoms with E-state index in [1.165, 1.54) is 16.7 Å². The van der Waals surface area contributed by atoms with E-state index in [0.29, 0.717) is 0 Å². The smallest absolute Gasteiger partial charge is 0.0494 e. The van der Waals surface area contributed by atoms with Crippen LogP contribution in [0.2, 0.25) is 0 Å². The molecule has 0 amide bonds. The second-order valence-corrected chi connectivity index (χ2v) is 6.23. The molecular weight excluding hydrogens is 222 g/mol. The number of hydrogen-bond acceptors (Lipinski definition) is 2. The minimum atomic E-state index is -0.0159. The Labute approximate surface area is 112 Å². The predicted octanol–water partition coefficient (Wildman–Crippen LogP) is 2.80. The second kappa shape index (κ2) is 6.35. The molecule has 2 heteroatoms. The molecule has 0 aromatic heterocycles. The third-order valence-electron chi connectivity index (χ3n) is 3.48. The summed E-state index contributed by atoms with van der Waals surface area (Å²) in [6.45, 7) is 10.7.